The van der Waals surface area contributed by atoms with E-state index in [4.69, 9.17) is 5.11 Å². The lowest BCUT2D eigenvalue weighted by Gasteiger charge is -2.02. The average Bonchev–Trinajstić information content (AvgIpc) is 2.28. The first-order valence-corrected chi connectivity index (χ1v) is 5.88. The van der Waals surface area contributed by atoms with Crippen LogP contribution >= 0.6 is 0 Å². The number of carbonyl (C=O) groups excluding carboxylic acids is 4. The monoisotopic (exact) mass is 276 g/mol. The molecule has 0 aliphatic carbocycles. The van der Waals surface area contributed by atoms with Crippen molar-refractivity contribution in [2.24, 2.45) is 0 Å². The van der Waals surface area contributed by atoms with Crippen molar-refractivity contribution in [3.8, 4) is 0 Å². The third-order valence-electron chi connectivity index (χ3n) is 1.56. The van der Waals surface area contributed by atoms with Gasteiger partial charge in [-0.25, -0.2) is 4.79 Å². The molecular formula is C12H20O7. The van der Waals surface area contributed by atoms with E-state index in [0.717, 1.165) is 0 Å². The van der Waals surface area contributed by atoms with Crippen LogP contribution < -0.4 is 0 Å². The van der Waals surface area contributed by atoms with Crippen LogP contribution in [0.2, 0.25) is 0 Å². The number of aliphatic hydroxyl groups excluding tert-OH is 1. The van der Waals surface area contributed by atoms with Crippen molar-refractivity contribution in [3.63, 3.8) is 0 Å². The van der Waals surface area contributed by atoms with E-state index in [1.54, 1.807) is 13.8 Å². The molecule has 0 amide bonds. The van der Waals surface area contributed by atoms with E-state index in [1.165, 1.54) is 13.8 Å². The van der Waals surface area contributed by atoms with Gasteiger partial charge in [0.1, 0.15) is 6.10 Å². The van der Waals surface area contributed by atoms with Gasteiger partial charge in [0.2, 0.25) is 0 Å². The fourth-order valence-corrected chi connectivity index (χ4v) is 0.685. The summed E-state index contributed by atoms with van der Waals surface area (Å²) in [6, 6.07) is 0. The number of carbonyl (C=O) groups is 4. The fourth-order valence-electron chi connectivity index (χ4n) is 0.685. The third kappa shape index (κ3) is 14.2. The molecule has 0 aromatic heterocycles. The van der Waals surface area contributed by atoms with Gasteiger partial charge in [-0.3, -0.25) is 14.4 Å². The van der Waals surface area contributed by atoms with Crippen LogP contribution in [0.15, 0.2) is 0 Å². The summed E-state index contributed by atoms with van der Waals surface area (Å²) in [5.74, 6) is -2.49. The van der Waals surface area contributed by atoms with E-state index in [-0.39, 0.29) is 12.8 Å². The SMILES string of the molecule is CCC(=O)OC(C)=O.CCCC(=O)OC(=O)C(C)O. The molecule has 0 rings (SSSR count). The third-order valence-corrected chi connectivity index (χ3v) is 1.56. The minimum Gasteiger partial charge on any atom is -0.393 e. The summed E-state index contributed by atoms with van der Waals surface area (Å²) < 4.78 is 8.35. The van der Waals surface area contributed by atoms with Crippen LogP contribution in [0.1, 0.15) is 47.0 Å². The minimum atomic E-state index is -1.23. The highest BCUT2D eigenvalue weighted by Crippen LogP contribution is 1.94. The van der Waals surface area contributed by atoms with Crippen molar-refractivity contribution in [2.75, 3.05) is 0 Å². The largest absolute Gasteiger partial charge is 0.393 e. The van der Waals surface area contributed by atoms with E-state index in [9.17, 15) is 19.2 Å². The highest BCUT2D eigenvalue weighted by atomic mass is 16.6. The summed E-state index contributed by atoms with van der Waals surface area (Å²) in [5, 5.41) is 8.61. The van der Waals surface area contributed by atoms with Gasteiger partial charge in [-0.2, -0.15) is 0 Å². The van der Waals surface area contributed by atoms with Crippen LogP contribution in [0.25, 0.3) is 0 Å². The zero-order valence-corrected chi connectivity index (χ0v) is 11.6. The molecule has 0 saturated carbocycles. The predicted molar refractivity (Wildman–Crippen MR) is 64.8 cm³/mol. The Morgan fingerprint density at radius 3 is 1.84 bits per heavy atom. The molecule has 0 fully saturated rings. The molecule has 0 saturated heterocycles. The Bertz CT molecular complexity index is 320. The minimum absolute atomic E-state index is 0.207. The van der Waals surface area contributed by atoms with Gasteiger partial charge in [0.05, 0.1) is 0 Å². The summed E-state index contributed by atoms with van der Waals surface area (Å²) in [7, 11) is 0. The number of hydrogen-bond donors (Lipinski definition) is 1. The molecule has 7 heteroatoms. The molecule has 1 atom stereocenters. The molecule has 0 bridgehead atoms. The number of hydrogen-bond acceptors (Lipinski definition) is 7. The van der Waals surface area contributed by atoms with Gasteiger partial charge < -0.3 is 14.6 Å². The fraction of sp³-hybridized carbons (Fsp3) is 0.667. The summed E-state index contributed by atoms with van der Waals surface area (Å²) in [5.41, 5.74) is 0. The first kappa shape index (κ1) is 19.6. The maximum absolute atomic E-state index is 10.6. The first-order chi connectivity index (χ1) is 8.74. The second kappa shape index (κ2) is 11.3. The van der Waals surface area contributed by atoms with Gasteiger partial charge in [-0.1, -0.05) is 13.8 Å². The molecule has 110 valence electrons. The zero-order valence-electron chi connectivity index (χ0n) is 11.6. The Morgan fingerprint density at radius 2 is 1.58 bits per heavy atom. The lowest BCUT2D eigenvalue weighted by molar-refractivity contribution is -0.165. The summed E-state index contributed by atoms with van der Waals surface area (Å²) in [6.45, 7) is 5.88. The first-order valence-electron chi connectivity index (χ1n) is 5.88. The maximum Gasteiger partial charge on any atom is 0.342 e. The number of ether oxygens (including phenoxy) is 2. The molecule has 0 aliphatic heterocycles. The normalized spacial score (nSPS) is 10.6. The van der Waals surface area contributed by atoms with Gasteiger partial charge in [0, 0.05) is 19.8 Å². The van der Waals surface area contributed by atoms with Crippen LogP contribution in [0, 0.1) is 0 Å². The highest BCUT2D eigenvalue weighted by molar-refractivity contribution is 5.87. The molecule has 0 aromatic carbocycles. The Balaban J connectivity index is 0. The molecule has 0 aliphatic rings. The topological polar surface area (TPSA) is 107 Å². The molecule has 1 unspecified atom stereocenters. The van der Waals surface area contributed by atoms with Crippen LogP contribution in [0.3, 0.4) is 0 Å². The summed E-state index contributed by atoms with van der Waals surface area (Å²) in [4.78, 5) is 41.3. The van der Waals surface area contributed by atoms with E-state index in [1.807, 2.05) is 0 Å². The molecule has 0 aromatic rings. The highest BCUT2D eigenvalue weighted by Gasteiger charge is 2.14. The van der Waals surface area contributed by atoms with Gasteiger partial charge in [-0.05, 0) is 13.3 Å². The van der Waals surface area contributed by atoms with Gasteiger partial charge in [-0.15, -0.1) is 0 Å². The van der Waals surface area contributed by atoms with Crippen molar-refractivity contribution >= 4 is 23.9 Å². The van der Waals surface area contributed by atoms with Crippen LogP contribution in [-0.2, 0) is 28.7 Å². The molecular weight excluding hydrogens is 256 g/mol. The van der Waals surface area contributed by atoms with Crippen LogP contribution in [0.5, 0.6) is 0 Å². The van der Waals surface area contributed by atoms with Crippen molar-refractivity contribution in [1.29, 1.82) is 0 Å². The summed E-state index contributed by atoms with van der Waals surface area (Å²) >= 11 is 0. The molecule has 0 spiro atoms. The van der Waals surface area contributed by atoms with E-state index < -0.39 is 30.0 Å². The summed E-state index contributed by atoms with van der Waals surface area (Å²) in [6.07, 6.45) is -0.139. The Morgan fingerprint density at radius 1 is 1.05 bits per heavy atom. The smallest absolute Gasteiger partial charge is 0.342 e. The van der Waals surface area contributed by atoms with Gasteiger partial charge in [0.25, 0.3) is 0 Å². The van der Waals surface area contributed by atoms with Crippen molar-refractivity contribution in [3.05, 3.63) is 0 Å². The molecule has 0 radical (unpaired) electrons. The van der Waals surface area contributed by atoms with Crippen molar-refractivity contribution in [2.45, 2.75) is 53.1 Å². The van der Waals surface area contributed by atoms with E-state index >= 15 is 0 Å². The van der Waals surface area contributed by atoms with Crippen LogP contribution in [0.4, 0.5) is 0 Å². The standard InChI is InChI=1S/C7H12O4.C5H8O3/c1-3-4-6(9)11-7(10)5(2)8;1-3-5(7)8-4(2)6/h5,8H,3-4H2,1-2H3;3H2,1-2H3. The molecule has 19 heavy (non-hydrogen) atoms. The van der Waals surface area contributed by atoms with E-state index in [2.05, 4.69) is 9.47 Å². The average molecular weight is 276 g/mol. The van der Waals surface area contributed by atoms with Crippen LogP contribution in [-0.4, -0.2) is 35.1 Å². The molecule has 7 nitrogen and oxygen atoms in total. The lowest BCUT2D eigenvalue weighted by atomic mass is 10.3. The Kier molecular flexibility index (Phi) is 11.7. The zero-order chi connectivity index (χ0) is 15.4. The lowest BCUT2D eigenvalue weighted by Crippen LogP contribution is -2.22. The second-order valence-electron chi connectivity index (χ2n) is 3.54. The van der Waals surface area contributed by atoms with Gasteiger partial charge >= 0.3 is 23.9 Å². The number of rotatable bonds is 4. The van der Waals surface area contributed by atoms with Gasteiger partial charge in [0.15, 0.2) is 0 Å². The second-order valence-corrected chi connectivity index (χ2v) is 3.54. The number of esters is 4. The maximum atomic E-state index is 10.6. The quantitative estimate of drug-likeness (QED) is 0.595. The van der Waals surface area contributed by atoms with Crippen molar-refractivity contribution < 1.29 is 33.8 Å². The van der Waals surface area contributed by atoms with Crippen molar-refractivity contribution in [1.82, 2.24) is 0 Å². The Labute approximate surface area is 111 Å². The number of aliphatic hydroxyl groups is 1. The Hall–Kier alpha value is -1.76. The predicted octanol–water partition coefficient (Wildman–Crippen LogP) is 0.723. The molecule has 1 N–H and O–H groups in total. The van der Waals surface area contributed by atoms with E-state index in [0.29, 0.717) is 6.42 Å². The molecule has 0 heterocycles.